The van der Waals surface area contributed by atoms with Gasteiger partial charge in [0.15, 0.2) is 0 Å². The second-order valence-electron chi connectivity index (χ2n) is 3.97. The minimum Gasteiger partial charge on any atom is -0.339 e. The Morgan fingerprint density at radius 2 is 1.95 bits per heavy atom. The van der Waals surface area contributed by atoms with E-state index in [2.05, 4.69) is 15.3 Å². The van der Waals surface area contributed by atoms with E-state index in [1.165, 1.54) is 0 Å². The molecule has 0 radical (unpaired) electrons. The van der Waals surface area contributed by atoms with E-state index in [1.54, 1.807) is 25.1 Å². The van der Waals surface area contributed by atoms with Gasteiger partial charge in [-0.25, -0.2) is 9.97 Å². The zero-order valence-corrected chi connectivity index (χ0v) is 11.8. The van der Waals surface area contributed by atoms with E-state index >= 15 is 0 Å². The van der Waals surface area contributed by atoms with Crippen molar-refractivity contribution in [3.05, 3.63) is 45.3 Å². The molecular weight excluding hydrogens is 283 g/mol. The summed E-state index contributed by atoms with van der Waals surface area (Å²) in [4.78, 5) is 8.35. The summed E-state index contributed by atoms with van der Waals surface area (Å²) < 4.78 is 0. The van der Waals surface area contributed by atoms with Gasteiger partial charge < -0.3 is 5.32 Å². The fraction of sp³-hybridized carbons (Fsp3) is 0.154. The van der Waals surface area contributed by atoms with Crippen LogP contribution in [-0.4, -0.2) is 9.97 Å². The quantitative estimate of drug-likeness (QED) is 0.850. The van der Waals surface area contributed by atoms with E-state index in [-0.39, 0.29) is 0 Å². The molecule has 1 N–H and O–H groups in total. The number of nitrogens with one attached hydrogen (secondary N) is 1. The molecule has 0 aliphatic rings. The number of benzene rings is 1. The molecule has 0 atom stereocenters. The molecule has 2 aromatic rings. The Bertz CT molecular complexity index is 677. The third-order valence-corrected chi connectivity index (χ3v) is 3.23. The van der Waals surface area contributed by atoms with Gasteiger partial charge in [0.05, 0.1) is 22.3 Å². The maximum atomic E-state index is 8.79. The lowest BCUT2D eigenvalue weighted by molar-refractivity contribution is 1.04. The maximum Gasteiger partial charge on any atom is 0.138 e. The predicted octanol–water partition coefficient (Wildman–Crippen LogP) is 4.02. The number of nitriles is 1. The molecule has 1 heterocycles. The molecule has 1 aromatic heterocycles. The average Bonchev–Trinajstić information content (AvgIpc) is 2.37. The number of aromatic nitrogens is 2. The van der Waals surface area contributed by atoms with E-state index in [9.17, 15) is 0 Å². The van der Waals surface area contributed by atoms with Gasteiger partial charge in [0.1, 0.15) is 16.8 Å². The van der Waals surface area contributed by atoms with Crippen LogP contribution < -0.4 is 5.32 Å². The van der Waals surface area contributed by atoms with Gasteiger partial charge in [0.2, 0.25) is 0 Å². The van der Waals surface area contributed by atoms with Crippen LogP contribution in [0.5, 0.6) is 0 Å². The Morgan fingerprint density at radius 3 is 2.58 bits per heavy atom. The first-order valence-electron chi connectivity index (χ1n) is 5.48. The van der Waals surface area contributed by atoms with Crippen LogP contribution in [0.15, 0.2) is 18.2 Å². The van der Waals surface area contributed by atoms with Crippen molar-refractivity contribution in [1.29, 1.82) is 5.26 Å². The molecule has 0 spiro atoms. The van der Waals surface area contributed by atoms with Crippen molar-refractivity contribution in [2.45, 2.75) is 13.8 Å². The Morgan fingerprint density at radius 1 is 1.21 bits per heavy atom. The number of nitrogens with zero attached hydrogens (tertiary/aromatic N) is 3. The summed E-state index contributed by atoms with van der Waals surface area (Å²) in [7, 11) is 0. The predicted molar refractivity (Wildman–Crippen MR) is 76.0 cm³/mol. The fourth-order valence-electron chi connectivity index (χ4n) is 1.53. The highest BCUT2D eigenvalue weighted by Crippen LogP contribution is 2.28. The summed E-state index contributed by atoms with van der Waals surface area (Å²) in [6.07, 6.45) is 0. The Hall–Kier alpha value is -1.83. The molecule has 6 heteroatoms. The molecule has 0 fully saturated rings. The minimum absolute atomic E-state index is 0.403. The first kappa shape index (κ1) is 13.6. The number of hydrogen-bond acceptors (Lipinski definition) is 4. The minimum atomic E-state index is 0.403. The largest absolute Gasteiger partial charge is 0.339 e. The Labute approximate surface area is 121 Å². The zero-order valence-electron chi connectivity index (χ0n) is 10.3. The lowest BCUT2D eigenvalue weighted by atomic mass is 10.2. The Kier molecular flexibility index (Phi) is 3.89. The maximum absolute atomic E-state index is 8.79. The normalized spacial score (nSPS) is 10.1. The van der Waals surface area contributed by atoms with Crippen LogP contribution in [-0.2, 0) is 0 Å². The van der Waals surface area contributed by atoms with Crippen molar-refractivity contribution < 1.29 is 0 Å². The first-order chi connectivity index (χ1) is 9.01. The monoisotopic (exact) mass is 292 g/mol. The topological polar surface area (TPSA) is 61.6 Å². The highest BCUT2D eigenvalue weighted by atomic mass is 35.5. The fourth-order valence-corrected chi connectivity index (χ4v) is 1.97. The molecule has 0 aliphatic heterocycles. The lowest BCUT2D eigenvalue weighted by Crippen LogP contribution is -2.01. The van der Waals surface area contributed by atoms with Gasteiger partial charge in [-0.3, -0.25) is 0 Å². The number of rotatable bonds is 2. The molecule has 0 bridgehead atoms. The van der Waals surface area contributed by atoms with Crippen molar-refractivity contribution in [2.24, 2.45) is 0 Å². The van der Waals surface area contributed by atoms with Crippen molar-refractivity contribution in [2.75, 3.05) is 5.32 Å². The van der Waals surface area contributed by atoms with Gasteiger partial charge in [-0.15, -0.1) is 0 Å². The van der Waals surface area contributed by atoms with Crippen LogP contribution in [0.1, 0.15) is 17.0 Å². The highest BCUT2D eigenvalue weighted by Gasteiger charge is 2.09. The van der Waals surface area contributed by atoms with Crippen LogP contribution in [0.3, 0.4) is 0 Å². The molecule has 0 saturated carbocycles. The highest BCUT2D eigenvalue weighted by molar-refractivity contribution is 6.33. The van der Waals surface area contributed by atoms with Gasteiger partial charge >= 0.3 is 0 Å². The standard InChI is InChI=1S/C13H10Cl2N4/c1-7-12(15)17-8(2)18-13(7)19-11-4-3-9(6-16)5-10(11)14/h3-5H,1-2H3,(H,17,18,19). The van der Waals surface area contributed by atoms with E-state index < -0.39 is 0 Å². The van der Waals surface area contributed by atoms with Crippen molar-refractivity contribution in [3.8, 4) is 6.07 Å². The summed E-state index contributed by atoms with van der Waals surface area (Å²) in [5.41, 5.74) is 1.91. The molecule has 0 unspecified atom stereocenters. The van der Waals surface area contributed by atoms with Gasteiger partial charge in [0.25, 0.3) is 0 Å². The molecule has 96 valence electrons. The third kappa shape index (κ3) is 2.95. The first-order valence-corrected chi connectivity index (χ1v) is 6.24. The summed E-state index contributed by atoms with van der Waals surface area (Å²) in [6, 6.07) is 7.03. The van der Waals surface area contributed by atoms with E-state index in [0.717, 1.165) is 5.56 Å². The third-order valence-electron chi connectivity index (χ3n) is 2.55. The van der Waals surface area contributed by atoms with Crippen LogP contribution in [0.4, 0.5) is 11.5 Å². The van der Waals surface area contributed by atoms with E-state index in [4.69, 9.17) is 28.5 Å². The van der Waals surface area contributed by atoms with Gasteiger partial charge in [-0.2, -0.15) is 5.26 Å². The van der Waals surface area contributed by atoms with Crippen LogP contribution >= 0.6 is 23.2 Å². The molecule has 0 saturated heterocycles. The van der Waals surface area contributed by atoms with E-state index in [0.29, 0.717) is 33.1 Å². The van der Waals surface area contributed by atoms with Crippen molar-refractivity contribution in [1.82, 2.24) is 9.97 Å². The van der Waals surface area contributed by atoms with Gasteiger partial charge in [0, 0.05) is 5.56 Å². The lowest BCUT2D eigenvalue weighted by Gasteiger charge is -2.11. The van der Waals surface area contributed by atoms with E-state index in [1.807, 2.05) is 13.0 Å². The number of halogens is 2. The van der Waals surface area contributed by atoms with Crippen molar-refractivity contribution >= 4 is 34.7 Å². The molecule has 0 aliphatic carbocycles. The van der Waals surface area contributed by atoms with Crippen molar-refractivity contribution in [3.63, 3.8) is 0 Å². The van der Waals surface area contributed by atoms with Crippen LogP contribution in [0.2, 0.25) is 10.2 Å². The SMILES string of the molecule is Cc1nc(Cl)c(C)c(Nc2ccc(C#N)cc2Cl)n1. The Balaban J connectivity index is 2.39. The number of anilines is 2. The molecule has 2 rings (SSSR count). The number of hydrogen-bond donors (Lipinski definition) is 1. The smallest absolute Gasteiger partial charge is 0.138 e. The molecular formula is C13H10Cl2N4. The molecule has 4 nitrogen and oxygen atoms in total. The molecule has 19 heavy (non-hydrogen) atoms. The summed E-state index contributed by atoms with van der Waals surface area (Å²) in [6.45, 7) is 3.58. The summed E-state index contributed by atoms with van der Waals surface area (Å²) in [5, 5.41) is 12.7. The average molecular weight is 293 g/mol. The van der Waals surface area contributed by atoms with Crippen LogP contribution in [0, 0.1) is 25.2 Å². The van der Waals surface area contributed by atoms with Crippen LogP contribution in [0.25, 0.3) is 0 Å². The second kappa shape index (κ2) is 5.43. The van der Waals surface area contributed by atoms with Gasteiger partial charge in [-0.05, 0) is 32.0 Å². The number of aryl methyl sites for hydroxylation is 1. The molecule has 0 amide bonds. The zero-order chi connectivity index (χ0) is 14.0. The second-order valence-corrected chi connectivity index (χ2v) is 4.73. The summed E-state index contributed by atoms with van der Waals surface area (Å²) >= 11 is 12.1. The molecule has 1 aromatic carbocycles. The summed E-state index contributed by atoms with van der Waals surface area (Å²) in [5.74, 6) is 1.17. The van der Waals surface area contributed by atoms with Gasteiger partial charge in [-0.1, -0.05) is 23.2 Å².